The van der Waals surface area contributed by atoms with Gasteiger partial charge < -0.3 is 10.2 Å². The molecule has 1 aliphatic heterocycles. The molecule has 1 aliphatic rings. The summed E-state index contributed by atoms with van der Waals surface area (Å²) in [5.41, 5.74) is 1.28. The number of halogens is 1. The second-order valence-electron chi connectivity index (χ2n) is 5.09. The number of amides is 1. The van der Waals surface area contributed by atoms with Gasteiger partial charge in [-0.2, -0.15) is 0 Å². The van der Waals surface area contributed by atoms with Crippen LogP contribution >= 0.6 is 15.9 Å². The van der Waals surface area contributed by atoms with Crippen LogP contribution in [-0.2, 0) is 11.2 Å². The smallest absolute Gasteiger partial charge is 0.222 e. The molecule has 1 N–H and O–H groups in total. The lowest BCUT2D eigenvalue weighted by Gasteiger charge is -2.34. The third kappa shape index (κ3) is 4.05. The van der Waals surface area contributed by atoms with Crippen LogP contribution in [-0.4, -0.2) is 36.5 Å². The maximum atomic E-state index is 12.2. The summed E-state index contributed by atoms with van der Waals surface area (Å²) in [7, 11) is 0. The molecule has 0 spiro atoms. The number of carbonyl (C=O) groups excluding carboxylic acids is 1. The first-order valence-electron chi connectivity index (χ1n) is 6.92. The van der Waals surface area contributed by atoms with E-state index in [2.05, 4.69) is 40.3 Å². The maximum Gasteiger partial charge on any atom is 0.222 e. The second kappa shape index (κ2) is 7.06. The van der Waals surface area contributed by atoms with E-state index in [1.807, 2.05) is 17.0 Å². The van der Waals surface area contributed by atoms with Crippen LogP contribution in [0.25, 0.3) is 0 Å². The first kappa shape index (κ1) is 14.5. The molecule has 0 aliphatic carbocycles. The van der Waals surface area contributed by atoms with Gasteiger partial charge >= 0.3 is 0 Å². The lowest BCUT2D eigenvalue weighted by Crippen LogP contribution is -2.52. The molecule has 1 unspecified atom stereocenters. The largest absolute Gasteiger partial charge is 0.337 e. The Kier molecular flexibility index (Phi) is 5.40. The minimum Gasteiger partial charge on any atom is -0.337 e. The van der Waals surface area contributed by atoms with Gasteiger partial charge in [-0.1, -0.05) is 34.1 Å². The monoisotopic (exact) mass is 324 g/mol. The van der Waals surface area contributed by atoms with Gasteiger partial charge in [0.1, 0.15) is 0 Å². The van der Waals surface area contributed by atoms with Crippen LogP contribution in [0.3, 0.4) is 0 Å². The maximum absolute atomic E-state index is 12.2. The molecule has 4 heteroatoms. The van der Waals surface area contributed by atoms with E-state index in [-0.39, 0.29) is 0 Å². The number of piperazine rings is 1. The Morgan fingerprint density at radius 2 is 2.26 bits per heavy atom. The Morgan fingerprint density at radius 1 is 1.47 bits per heavy atom. The van der Waals surface area contributed by atoms with Crippen LogP contribution in [0.2, 0.25) is 0 Å². The fraction of sp³-hybridized carbons (Fsp3) is 0.533. The molecule has 0 bridgehead atoms. The van der Waals surface area contributed by atoms with Crippen molar-refractivity contribution >= 4 is 21.8 Å². The van der Waals surface area contributed by atoms with Gasteiger partial charge in [-0.25, -0.2) is 0 Å². The topological polar surface area (TPSA) is 32.3 Å². The van der Waals surface area contributed by atoms with E-state index >= 15 is 0 Å². The zero-order chi connectivity index (χ0) is 13.7. The van der Waals surface area contributed by atoms with Gasteiger partial charge in [0.15, 0.2) is 0 Å². The van der Waals surface area contributed by atoms with Crippen molar-refractivity contribution in [1.29, 1.82) is 0 Å². The molecule has 1 heterocycles. The first-order valence-corrected chi connectivity index (χ1v) is 7.71. The van der Waals surface area contributed by atoms with Crippen LogP contribution in [0.5, 0.6) is 0 Å². The second-order valence-corrected chi connectivity index (χ2v) is 5.94. The Labute approximate surface area is 123 Å². The van der Waals surface area contributed by atoms with E-state index in [1.165, 1.54) is 5.56 Å². The zero-order valence-corrected chi connectivity index (χ0v) is 12.9. The number of nitrogens with one attached hydrogen (secondary N) is 1. The van der Waals surface area contributed by atoms with Crippen molar-refractivity contribution < 1.29 is 4.79 Å². The van der Waals surface area contributed by atoms with Crippen LogP contribution in [0.4, 0.5) is 0 Å². The fourth-order valence-electron chi connectivity index (χ4n) is 2.49. The molecule has 19 heavy (non-hydrogen) atoms. The number of nitrogens with zero attached hydrogens (tertiary/aromatic N) is 1. The predicted octanol–water partition coefficient (Wildman–Crippen LogP) is 2.59. The third-order valence-corrected chi connectivity index (χ3v) is 4.39. The van der Waals surface area contributed by atoms with Gasteiger partial charge in [0.25, 0.3) is 0 Å². The van der Waals surface area contributed by atoms with Crippen molar-refractivity contribution in [3.8, 4) is 0 Å². The van der Waals surface area contributed by atoms with Crippen LogP contribution in [0.15, 0.2) is 28.7 Å². The minimum atomic E-state index is 0.293. The number of hydrogen-bond donors (Lipinski definition) is 1. The molecule has 104 valence electrons. The van der Waals surface area contributed by atoms with E-state index in [0.717, 1.165) is 36.9 Å². The van der Waals surface area contributed by atoms with Crippen molar-refractivity contribution in [3.05, 3.63) is 34.3 Å². The van der Waals surface area contributed by atoms with Crippen molar-refractivity contribution in [2.45, 2.75) is 32.2 Å². The summed E-state index contributed by atoms with van der Waals surface area (Å²) in [6.45, 7) is 4.78. The number of rotatable bonds is 4. The van der Waals surface area contributed by atoms with Crippen molar-refractivity contribution in [3.63, 3.8) is 0 Å². The molecule has 1 fully saturated rings. The normalized spacial score (nSPS) is 19.5. The Hall–Kier alpha value is -0.870. The van der Waals surface area contributed by atoms with Crippen molar-refractivity contribution in [2.24, 2.45) is 0 Å². The quantitative estimate of drug-likeness (QED) is 0.923. The molecule has 0 radical (unpaired) electrons. The SMILES string of the molecule is CC1CNCCN1C(=O)CCCc1ccccc1Br. The highest BCUT2D eigenvalue weighted by Crippen LogP contribution is 2.18. The third-order valence-electron chi connectivity index (χ3n) is 3.62. The van der Waals surface area contributed by atoms with Crippen molar-refractivity contribution in [2.75, 3.05) is 19.6 Å². The molecule has 0 aromatic heterocycles. The minimum absolute atomic E-state index is 0.293. The number of aryl methyl sites for hydroxylation is 1. The Morgan fingerprint density at radius 3 is 3.00 bits per heavy atom. The van der Waals surface area contributed by atoms with E-state index in [9.17, 15) is 4.79 Å². The van der Waals surface area contributed by atoms with Gasteiger partial charge in [-0.05, 0) is 31.4 Å². The Balaban J connectivity index is 1.79. The Bertz CT molecular complexity index is 436. The molecule has 1 atom stereocenters. The first-order chi connectivity index (χ1) is 9.18. The van der Waals surface area contributed by atoms with Crippen LogP contribution in [0.1, 0.15) is 25.3 Å². The fourth-order valence-corrected chi connectivity index (χ4v) is 2.97. The van der Waals surface area contributed by atoms with Crippen LogP contribution in [0, 0.1) is 0 Å². The summed E-state index contributed by atoms with van der Waals surface area (Å²) in [5.74, 6) is 0.293. The summed E-state index contributed by atoms with van der Waals surface area (Å²) in [5, 5.41) is 3.31. The molecule has 3 nitrogen and oxygen atoms in total. The average Bonchev–Trinajstić information content (AvgIpc) is 2.41. The lowest BCUT2D eigenvalue weighted by atomic mass is 10.1. The van der Waals surface area contributed by atoms with E-state index in [0.29, 0.717) is 18.4 Å². The summed E-state index contributed by atoms with van der Waals surface area (Å²) in [6, 6.07) is 8.55. The highest BCUT2D eigenvalue weighted by Gasteiger charge is 2.22. The van der Waals surface area contributed by atoms with Gasteiger partial charge in [0.2, 0.25) is 5.91 Å². The highest BCUT2D eigenvalue weighted by molar-refractivity contribution is 9.10. The van der Waals surface area contributed by atoms with Gasteiger partial charge in [-0.15, -0.1) is 0 Å². The number of carbonyl (C=O) groups is 1. The molecule has 1 aromatic rings. The number of benzene rings is 1. The standard InChI is InChI=1S/C15H21BrN2O/c1-12-11-17-9-10-18(12)15(19)8-4-6-13-5-2-3-7-14(13)16/h2-3,5,7,12,17H,4,6,8-11H2,1H3. The molecule has 1 saturated heterocycles. The predicted molar refractivity (Wildman–Crippen MR) is 81.1 cm³/mol. The summed E-state index contributed by atoms with van der Waals surface area (Å²) >= 11 is 3.55. The van der Waals surface area contributed by atoms with E-state index in [1.54, 1.807) is 0 Å². The molecular formula is C15H21BrN2O. The van der Waals surface area contributed by atoms with Crippen molar-refractivity contribution in [1.82, 2.24) is 10.2 Å². The van der Waals surface area contributed by atoms with Gasteiger partial charge in [0, 0.05) is 36.6 Å². The molecule has 1 aromatic carbocycles. The van der Waals surface area contributed by atoms with E-state index in [4.69, 9.17) is 0 Å². The molecule has 0 saturated carbocycles. The van der Waals surface area contributed by atoms with Gasteiger partial charge in [-0.3, -0.25) is 4.79 Å². The highest BCUT2D eigenvalue weighted by atomic mass is 79.9. The van der Waals surface area contributed by atoms with Crippen LogP contribution < -0.4 is 5.32 Å². The molecular weight excluding hydrogens is 304 g/mol. The molecule has 1 amide bonds. The average molecular weight is 325 g/mol. The van der Waals surface area contributed by atoms with Gasteiger partial charge in [0.05, 0.1) is 0 Å². The summed E-state index contributed by atoms with van der Waals surface area (Å²) in [6.07, 6.45) is 2.51. The molecule has 2 rings (SSSR count). The summed E-state index contributed by atoms with van der Waals surface area (Å²) in [4.78, 5) is 14.2. The zero-order valence-electron chi connectivity index (χ0n) is 11.4. The van der Waals surface area contributed by atoms with E-state index < -0.39 is 0 Å². The summed E-state index contributed by atoms with van der Waals surface area (Å²) < 4.78 is 1.14. The lowest BCUT2D eigenvalue weighted by molar-refractivity contribution is -0.134. The number of hydrogen-bond acceptors (Lipinski definition) is 2.